The maximum Gasteiger partial charge on any atom is 0.251 e. The van der Waals surface area contributed by atoms with Gasteiger partial charge in [0.25, 0.3) is 5.89 Å². The fourth-order valence-electron chi connectivity index (χ4n) is 2.62. The van der Waals surface area contributed by atoms with Crippen molar-refractivity contribution in [2.45, 2.75) is 33.4 Å². The molecule has 0 aromatic carbocycles. The van der Waals surface area contributed by atoms with Crippen LogP contribution in [0.5, 0.6) is 0 Å². The van der Waals surface area contributed by atoms with Crippen molar-refractivity contribution < 1.29 is 8.83 Å². The number of nitrogens with zero attached hydrogens (tertiary/aromatic N) is 3. The summed E-state index contributed by atoms with van der Waals surface area (Å²) < 4.78 is 11.3. The van der Waals surface area contributed by atoms with Crippen molar-refractivity contribution in [1.29, 1.82) is 0 Å². The zero-order valence-corrected chi connectivity index (χ0v) is 12.1. The summed E-state index contributed by atoms with van der Waals surface area (Å²) in [6.45, 7) is 9.72. The molecule has 6 heteroatoms. The highest BCUT2D eigenvalue weighted by atomic mass is 16.4. The minimum atomic E-state index is 0.505. The Balaban J connectivity index is 1.72. The summed E-state index contributed by atoms with van der Waals surface area (Å²) in [5.74, 6) is 2.87. The number of hydrogen-bond acceptors (Lipinski definition) is 6. The second-order valence-corrected chi connectivity index (χ2v) is 5.42. The van der Waals surface area contributed by atoms with Gasteiger partial charge in [-0.25, -0.2) is 0 Å². The number of rotatable bonds is 3. The van der Waals surface area contributed by atoms with Crippen LogP contribution >= 0.6 is 0 Å². The van der Waals surface area contributed by atoms with Crippen LogP contribution in [0.2, 0.25) is 0 Å². The van der Waals surface area contributed by atoms with E-state index in [1.807, 2.05) is 19.9 Å². The van der Waals surface area contributed by atoms with Gasteiger partial charge in [0.1, 0.15) is 11.5 Å². The summed E-state index contributed by atoms with van der Waals surface area (Å²) >= 11 is 0. The zero-order chi connectivity index (χ0) is 14.1. The number of aromatic nitrogens is 2. The van der Waals surface area contributed by atoms with Crippen molar-refractivity contribution in [2.75, 3.05) is 19.6 Å². The predicted octanol–water partition coefficient (Wildman–Crippen LogP) is 1.74. The van der Waals surface area contributed by atoms with Gasteiger partial charge in [0.2, 0.25) is 5.89 Å². The van der Waals surface area contributed by atoms with Crippen molar-refractivity contribution in [1.82, 2.24) is 20.4 Å². The molecule has 0 radical (unpaired) electrons. The third kappa shape index (κ3) is 2.76. The highest BCUT2D eigenvalue weighted by molar-refractivity contribution is 5.55. The Labute approximate surface area is 118 Å². The smallest absolute Gasteiger partial charge is 0.251 e. The molecule has 1 atom stereocenters. The van der Waals surface area contributed by atoms with E-state index < -0.39 is 0 Å². The molecule has 0 spiro atoms. The minimum Gasteiger partial charge on any atom is -0.466 e. The van der Waals surface area contributed by atoms with Crippen LogP contribution in [0, 0.1) is 13.8 Å². The molecular weight excluding hydrogens is 256 g/mol. The molecule has 0 aliphatic carbocycles. The SMILES string of the molecule is Cc1cc(-c2nnc(CN3CCNC(C)C3)o2)c(C)o1. The van der Waals surface area contributed by atoms with Gasteiger partial charge < -0.3 is 14.2 Å². The monoisotopic (exact) mass is 276 g/mol. The lowest BCUT2D eigenvalue weighted by atomic mass is 10.2. The first-order valence-corrected chi connectivity index (χ1v) is 6.97. The average molecular weight is 276 g/mol. The van der Waals surface area contributed by atoms with Gasteiger partial charge in [-0.2, -0.15) is 0 Å². The largest absolute Gasteiger partial charge is 0.466 e. The van der Waals surface area contributed by atoms with Crippen molar-refractivity contribution >= 4 is 0 Å². The molecule has 0 amide bonds. The second-order valence-electron chi connectivity index (χ2n) is 5.42. The lowest BCUT2D eigenvalue weighted by Crippen LogP contribution is -2.48. The minimum absolute atomic E-state index is 0.505. The summed E-state index contributed by atoms with van der Waals surface area (Å²) in [6, 6.07) is 2.43. The van der Waals surface area contributed by atoms with Gasteiger partial charge in [0.15, 0.2) is 0 Å². The fourth-order valence-corrected chi connectivity index (χ4v) is 2.62. The van der Waals surface area contributed by atoms with Gasteiger partial charge in [-0.05, 0) is 26.8 Å². The molecule has 1 saturated heterocycles. The van der Waals surface area contributed by atoms with Crippen LogP contribution in [-0.4, -0.2) is 40.8 Å². The molecule has 1 aliphatic heterocycles. The average Bonchev–Trinajstić information content (AvgIpc) is 2.96. The van der Waals surface area contributed by atoms with E-state index in [2.05, 4.69) is 27.3 Å². The molecule has 1 N–H and O–H groups in total. The molecule has 1 unspecified atom stereocenters. The van der Waals surface area contributed by atoms with E-state index in [9.17, 15) is 0 Å². The van der Waals surface area contributed by atoms with Crippen LogP contribution in [-0.2, 0) is 6.54 Å². The van der Waals surface area contributed by atoms with E-state index in [-0.39, 0.29) is 0 Å². The summed E-state index contributed by atoms with van der Waals surface area (Å²) in [6.07, 6.45) is 0. The van der Waals surface area contributed by atoms with E-state index in [0.717, 1.165) is 36.7 Å². The van der Waals surface area contributed by atoms with E-state index in [1.54, 1.807) is 0 Å². The fraction of sp³-hybridized carbons (Fsp3) is 0.571. The third-order valence-corrected chi connectivity index (χ3v) is 3.55. The molecule has 1 fully saturated rings. The Kier molecular flexibility index (Phi) is 3.58. The second kappa shape index (κ2) is 5.38. The summed E-state index contributed by atoms with van der Waals surface area (Å²) in [5, 5.41) is 11.7. The number of nitrogens with one attached hydrogen (secondary N) is 1. The van der Waals surface area contributed by atoms with E-state index >= 15 is 0 Å². The van der Waals surface area contributed by atoms with E-state index in [1.165, 1.54) is 0 Å². The molecule has 3 heterocycles. The molecule has 108 valence electrons. The number of furan rings is 1. The molecule has 20 heavy (non-hydrogen) atoms. The lowest BCUT2D eigenvalue weighted by Gasteiger charge is -2.30. The van der Waals surface area contributed by atoms with Gasteiger partial charge in [-0.15, -0.1) is 10.2 Å². The van der Waals surface area contributed by atoms with Crippen molar-refractivity contribution in [2.24, 2.45) is 0 Å². The third-order valence-electron chi connectivity index (χ3n) is 3.55. The molecule has 2 aromatic heterocycles. The van der Waals surface area contributed by atoms with Crippen LogP contribution in [0.15, 0.2) is 14.9 Å². The Morgan fingerprint density at radius 3 is 2.90 bits per heavy atom. The van der Waals surface area contributed by atoms with Crippen LogP contribution < -0.4 is 5.32 Å². The molecule has 1 aliphatic rings. The Hall–Kier alpha value is -1.66. The quantitative estimate of drug-likeness (QED) is 0.921. The predicted molar refractivity (Wildman–Crippen MR) is 74.2 cm³/mol. The molecule has 0 saturated carbocycles. The van der Waals surface area contributed by atoms with Gasteiger partial charge >= 0.3 is 0 Å². The number of piperazine rings is 1. The highest BCUT2D eigenvalue weighted by Gasteiger charge is 2.19. The van der Waals surface area contributed by atoms with E-state index in [0.29, 0.717) is 24.4 Å². The van der Waals surface area contributed by atoms with Crippen LogP contribution in [0.3, 0.4) is 0 Å². The van der Waals surface area contributed by atoms with Gasteiger partial charge in [0, 0.05) is 25.7 Å². The summed E-state index contributed by atoms with van der Waals surface area (Å²) in [4.78, 5) is 2.33. The highest BCUT2D eigenvalue weighted by Crippen LogP contribution is 2.25. The molecular formula is C14H20N4O2. The van der Waals surface area contributed by atoms with Crippen LogP contribution in [0.25, 0.3) is 11.5 Å². The molecule has 6 nitrogen and oxygen atoms in total. The topological polar surface area (TPSA) is 67.3 Å². The van der Waals surface area contributed by atoms with Crippen molar-refractivity contribution in [3.63, 3.8) is 0 Å². The Bertz CT molecular complexity index is 590. The molecule has 2 aromatic rings. The van der Waals surface area contributed by atoms with Crippen LogP contribution in [0.4, 0.5) is 0 Å². The summed E-state index contributed by atoms with van der Waals surface area (Å²) in [7, 11) is 0. The van der Waals surface area contributed by atoms with Crippen molar-refractivity contribution in [3.8, 4) is 11.5 Å². The van der Waals surface area contributed by atoms with Crippen molar-refractivity contribution in [3.05, 3.63) is 23.5 Å². The molecule has 0 bridgehead atoms. The molecule has 3 rings (SSSR count). The van der Waals surface area contributed by atoms with Gasteiger partial charge in [-0.3, -0.25) is 4.90 Å². The number of aryl methyl sites for hydroxylation is 2. The summed E-state index contributed by atoms with van der Waals surface area (Å²) in [5.41, 5.74) is 0.884. The first-order valence-electron chi connectivity index (χ1n) is 6.97. The Morgan fingerprint density at radius 2 is 2.20 bits per heavy atom. The zero-order valence-electron chi connectivity index (χ0n) is 12.1. The maximum atomic E-state index is 5.76. The standard InChI is InChI=1S/C14H20N4O2/c1-9-7-18(5-4-15-9)8-13-16-17-14(20-13)12-6-10(2)19-11(12)3/h6,9,15H,4-5,7-8H2,1-3H3. The number of hydrogen-bond donors (Lipinski definition) is 1. The maximum absolute atomic E-state index is 5.76. The van der Waals surface area contributed by atoms with E-state index in [4.69, 9.17) is 8.83 Å². The first kappa shape index (κ1) is 13.3. The lowest BCUT2D eigenvalue weighted by molar-refractivity contribution is 0.184. The van der Waals surface area contributed by atoms with Crippen LogP contribution in [0.1, 0.15) is 24.3 Å². The first-order chi connectivity index (χ1) is 9.61. The normalized spacial score (nSPS) is 20.4. The Morgan fingerprint density at radius 1 is 1.35 bits per heavy atom. The van der Waals surface area contributed by atoms with Gasteiger partial charge in [0.05, 0.1) is 12.1 Å². The van der Waals surface area contributed by atoms with Gasteiger partial charge in [-0.1, -0.05) is 0 Å².